The third-order valence-electron chi connectivity index (χ3n) is 1.91. The molecule has 0 aliphatic heterocycles. The van der Waals surface area contributed by atoms with E-state index < -0.39 is 0 Å². The molecule has 0 unspecified atom stereocenters. The van der Waals surface area contributed by atoms with Crippen molar-refractivity contribution in [1.82, 2.24) is 10.3 Å². The van der Waals surface area contributed by atoms with Gasteiger partial charge in [-0.3, -0.25) is 0 Å². The average Bonchev–Trinajstić information content (AvgIpc) is 2.28. The van der Waals surface area contributed by atoms with Gasteiger partial charge in [-0.1, -0.05) is 18.2 Å². The van der Waals surface area contributed by atoms with Crippen molar-refractivity contribution in [1.29, 1.82) is 0 Å². The summed E-state index contributed by atoms with van der Waals surface area (Å²) in [5.41, 5.74) is 1.15. The van der Waals surface area contributed by atoms with E-state index >= 15 is 0 Å². The van der Waals surface area contributed by atoms with Crippen LogP contribution in [0.15, 0.2) is 43.6 Å². The molecule has 80 valence electrons. The Hall–Kier alpha value is -1.61. The third-order valence-corrected chi connectivity index (χ3v) is 1.91. The average molecular weight is 203 g/mol. The zero-order chi connectivity index (χ0) is 10.9. The summed E-state index contributed by atoms with van der Waals surface area (Å²) in [5.74, 6) is 0.911. The molecule has 0 atom stereocenters. The molecule has 1 aromatic rings. The van der Waals surface area contributed by atoms with Gasteiger partial charge in [-0.2, -0.15) is 0 Å². The molecule has 0 saturated heterocycles. The van der Waals surface area contributed by atoms with E-state index in [1.54, 1.807) is 6.20 Å². The quantitative estimate of drug-likeness (QED) is 0.525. The molecule has 0 aromatic carbocycles. The number of nitrogens with zero attached hydrogens (tertiary/aromatic N) is 1. The van der Waals surface area contributed by atoms with E-state index in [0.717, 1.165) is 31.0 Å². The zero-order valence-electron chi connectivity index (χ0n) is 8.87. The van der Waals surface area contributed by atoms with Crippen molar-refractivity contribution in [3.8, 4) is 0 Å². The normalized spacial score (nSPS) is 9.60. The Morgan fingerprint density at radius 2 is 2.07 bits per heavy atom. The molecule has 1 heterocycles. The van der Waals surface area contributed by atoms with Crippen LogP contribution in [-0.2, 0) is 6.54 Å². The maximum Gasteiger partial charge on any atom is 0.130 e. The number of anilines is 1. The summed E-state index contributed by atoms with van der Waals surface area (Å²) in [7, 11) is 0. The van der Waals surface area contributed by atoms with Crippen LogP contribution < -0.4 is 10.6 Å². The lowest BCUT2D eigenvalue weighted by atomic mass is 10.2. The van der Waals surface area contributed by atoms with Gasteiger partial charge in [-0.05, 0) is 6.07 Å². The summed E-state index contributed by atoms with van der Waals surface area (Å²) in [6, 6.07) is 3.98. The van der Waals surface area contributed by atoms with Crippen molar-refractivity contribution in [3.63, 3.8) is 0 Å². The minimum atomic E-state index is 0.728. The molecule has 0 spiro atoms. The number of aromatic nitrogens is 1. The first-order valence-corrected chi connectivity index (χ1v) is 4.98. The summed E-state index contributed by atoms with van der Waals surface area (Å²) >= 11 is 0. The van der Waals surface area contributed by atoms with Crippen molar-refractivity contribution in [2.24, 2.45) is 0 Å². The van der Waals surface area contributed by atoms with E-state index in [0.29, 0.717) is 0 Å². The van der Waals surface area contributed by atoms with Crippen LogP contribution in [0.5, 0.6) is 0 Å². The maximum atomic E-state index is 4.27. The van der Waals surface area contributed by atoms with Crippen molar-refractivity contribution in [2.45, 2.75) is 6.54 Å². The number of rotatable bonds is 7. The number of hydrogen-bond acceptors (Lipinski definition) is 3. The number of pyridine rings is 1. The summed E-state index contributed by atoms with van der Waals surface area (Å²) in [6.07, 6.45) is 5.44. The molecule has 0 fully saturated rings. The Morgan fingerprint density at radius 3 is 2.80 bits per heavy atom. The van der Waals surface area contributed by atoms with Crippen LogP contribution in [0.4, 0.5) is 5.82 Å². The lowest BCUT2D eigenvalue weighted by Gasteiger charge is -2.09. The highest BCUT2D eigenvalue weighted by Crippen LogP contribution is 2.10. The molecule has 1 rings (SSSR count). The first kappa shape index (κ1) is 11.5. The second-order valence-corrected chi connectivity index (χ2v) is 3.10. The first-order chi connectivity index (χ1) is 7.38. The molecule has 0 radical (unpaired) electrons. The summed E-state index contributed by atoms with van der Waals surface area (Å²) in [6.45, 7) is 9.64. The molecule has 0 bridgehead atoms. The molecular formula is C12H17N3. The number of hydrogen-bond donors (Lipinski definition) is 2. The van der Waals surface area contributed by atoms with Gasteiger partial charge >= 0.3 is 0 Å². The van der Waals surface area contributed by atoms with Gasteiger partial charge in [0.2, 0.25) is 0 Å². The topological polar surface area (TPSA) is 37.0 Å². The molecular weight excluding hydrogens is 186 g/mol. The van der Waals surface area contributed by atoms with Gasteiger partial charge < -0.3 is 10.6 Å². The lowest BCUT2D eigenvalue weighted by Crippen LogP contribution is -2.15. The van der Waals surface area contributed by atoms with E-state index in [1.807, 2.05) is 18.2 Å². The van der Waals surface area contributed by atoms with Gasteiger partial charge in [0.05, 0.1) is 0 Å². The molecule has 0 saturated carbocycles. The molecule has 0 aliphatic rings. The zero-order valence-corrected chi connectivity index (χ0v) is 8.87. The molecule has 2 N–H and O–H groups in total. The van der Waals surface area contributed by atoms with E-state index in [9.17, 15) is 0 Å². The van der Waals surface area contributed by atoms with Gasteiger partial charge in [-0.15, -0.1) is 13.2 Å². The van der Waals surface area contributed by atoms with Crippen molar-refractivity contribution in [3.05, 3.63) is 49.2 Å². The van der Waals surface area contributed by atoms with Gasteiger partial charge in [0.1, 0.15) is 5.82 Å². The fourth-order valence-electron chi connectivity index (χ4n) is 1.22. The highest BCUT2D eigenvalue weighted by molar-refractivity contribution is 5.43. The Balaban J connectivity index is 2.59. The van der Waals surface area contributed by atoms with Crippen LogP contribution in [0.3, 0.4) is 0 Å². The Kier molecular flexibility index (Phi) is 5.19. The van der Waals surface area contributed by atoms with Crippen LogP contribution in [0.25, 0.3) is 0 Å². The Bertz CT molecular complexity index is 320. The third kappa shape index (κ3) is 3.95. The minimum Gasteiger partial charge on any atom is -0.366 e. The summed E-state index contributed by atoms with van der Waals surface area (Å²) in [4.78, 5) is 4.27. The molecule has 0 amide bonds. The molecule has 3 heteroatoms. The van der Waals surface area contributed by atoms with Gasteiger partial charge in [0.25, 0.3) is 0 Å². The highest BCUT2D eigenvalue weighted by atomic mass is 15.0. The van der Waals surface area contributed by atoms with Crippen LogP contribution in [0, 0.1) is 0 Å². The molecule has 1 aromatic heterocycles. The van der Waals surface area contributed by atoms with E-state index in [-0.39, 0.29) is 0 Å². The van der Waals surface area contributed by atoms with Crippen molar-refractivity contribution >= 4 is 5.82 Å². The van der Waals surface area contributed by atoms with Crippen LogP contribution in [0.1, 0.15) is 5.56 Å². The van der Waals surface area contributed by atoms with Crippen LogP contribution in [0.2, 0.25) is 0 Å². The summed E-state index contributed by atoms with van der Waals surface area (Å²) in [5, 5.41) is 6.44. The monoisotopic (exact) mass is 203 g/mol. The van der Waals surface area contributed by atoms with Crippen molar-refractivity contribution in [2.75, 3.05) is 18.4 Å². The minimum absolute atomic E-state index is 0.728. The molecule has 0 aliphatic carbocycles. The van der Waals surface area contributed by atoms with E-state index in [1.165, 1.54) is 0 Å². The smallest absolute Gasteiger partial charge is 0.130 e. The Labute approximate surface area is 90.9 Å². The second kappa shape index (κ2) is 6.79. The summed E-state index contributed by atoms with van der Waals surface area (Å²) < 4.78 is 0. The predicted octanol–water partition coefficient (Wildman–Crippen LogP) is 1.96. The standard InChI is InChI=1S/C12H17N3/c1-3-7-13-10-11-6-5-9-15-12(11)14-8-4-2/h3-6,9,13H,1-2,7-8,10H2,(H,14,15). The maximum absolute atomic E-state index is 4.27. The van der Waals surface area contributed by atoms with Gasteiger partial charge in [0, 0.05) is 31.4 Å². The largest absolute Gasteiger partial charge is 0.366 e. The highest BCUT2D eigenvalue weighted by Gasteiger charge is 2.00. The molecule has 15 heavy (non-hydrogen) atoms. The van der Waals surface area contributed by atoms with Crippen LogP contribution in [-0.4, -0.2) is 18.1 Å². The van der Waals surface area contributed by atoms with Crippen LogP contribution >= 0.6 is 0 Å². The van der Waals surface area contributed by atoms with Gasteiger partial charge in [0.15, 0.2) is 0 Å². The SMILES string of the molecule is C=CCNCc1cccnc1NCC=C. The molecule has 3 nitrogen and oxygen atoms in total. The first-order valence-electron chi connectivity index (χ1n) is 4.98. The second-order valence-electron chi connectivity index (χ2n) is 3.10. The lowest BCUT2D eigenvalue weighted by molar-refractivity contribution is 0.758. The van der Waals surface area contributed by atoms with E-state index in [4.69, 9.17) is 0 Å². The fraction of sp³-hybridized carbons (Fsp3) is 0.250. The van der Waals surface area contributed by atoms with Gasteiger partial charge in [-0.25, -0.2) is 4.98 Å². The fourth-order valence-corrected chi connectivity index (χ4v) is 1.22. The number of nitrogens with one attached hydrogen (secondary N) is 2. The Morgan fingerprint density at radius 1 is 1.27 bits per heavy atom. The van der Waals surface area contributed by atoms with E-state index in [2.05, 4.69) is 34.8 Å². The predicted molar refractivity (Wildman–Crippen MR) is 64.8 cm³/mol. The van der Waals surface area contributed by atoms with Crippen molar-refractivity contribution < 1.29 is 0 Å².